The van der Waals surface area contributed by atoms with Crippen molar-refractivity contribution in [2.45, 2.75) is 25.9 Å². The number of sulfone groups is 1. The summed E-state index contributed by atoms with van der Waals surface area (Å²) in [5.74, 6) is 0.620. The van der Waals surface area contributed by atoms with E-state index < -0.39 is 9.84 Å². The van der Waals surface area contributed by atoms with E-state index in [0.717, 1.165) is 19.5 Å². The number of nitrogens with one attached hydrogen (secondary N) is 1. The fraction of sp³-hybridized carbons (Fsp3) is 0.467. The number of benzene rings is 1. The molecule has 1 unspecified atom stereocenters. The maximum Gasteiger partial charge on any atom is 0.151 e. The largest absolute Gasteiger partial charge is 0.346 e. The number of fused-ring (bicyclic) bond motifs is 1. The zero-order valence-electron chi connectivity index (χ0n) is 11.7. The number of hydrogen-bond acceptors (Lipinski definition) is 3. The summed E-state index contributed by atoms with van der Waals surface area (Å²) in [5.41, 5.74) is 2.50. The van der Waals surface area contributed by atoms with E-state index in [1.165, 1.54) is 16.5 Å². The topological polar surface area (TPSA) is 51.1 Å². The van der Waals surface area contributed by atoms with Gasteiger partial charge in [0.1, 0.15) is 0 Å². The number of rotatable bonds is 4. The second kappa shape index (κ2) is 5.22. The molecule has 0 spiro atoms. The molecule has 108 valence electrons. The average Bonchev–Trinajstić information content (AvgIpc) is 2.93. The lowest BCUT2D eigenvalue weighted by atomic mass is 10.2. The highest BCUT2D eigenvalue weighted by molar-refractivity contribution is 7.91. The van der Waals surface area contributed by atoms with Crippen LogP contribution in [-0.2, 0) is 16.4 Å². The Labute approximate surface area is 119 Å². The highest BCUT2D eigenvalue weighted by atomic mass is 32.2. The number of aromatic nitrogens is 1. The van der Waals surface area contributed by atoms with Crippen molar-refractivity contribution in [2.75, 3.05) is 18.1 Å². The summed E-state index contributed by atoms with van der Waals surface area (Å²) in [4.78, 5) is 0. The van der Waals surface area contributed by atoms with Crippen LogP contribution in [0.1, 0.15) is 12.0 Å². The minimum Gasteiger partial charge on any atom is -0.346 e. The van der Waals surface area contributed by atoms with Gasteiger partial charge in [0.25, 0.3) is 0 Å². The van der Waals surface area contributed by atoms with Crippen molar-refractivity contribution in [1.82, 2.24) is 9.88 Å². The van der Waals surface area contributed by atoms with Gasteiger partial charge < -0.3 is 9.88 Å². The Kier molecular flexibility index (Phi) is 3.56. The smallest absolute Gasteiger partial charge is 0.151 e. The van der Waals surface area contributed by atoms with Crippen LogP contribution < -0.4 is 5.32 Å². The summed E-state index contributed by atoms with van der Waals surface area (Å²) in [6.07, 6.45) is 2.84. The van der Waals surface area contributed by atoms with E-state index >= 15 is 0 Å². The normalized spacial score (nSPS) is 21.6. The highest BCUT2D eigenvalue weighted by Crippen LogP contribution is 2.17. The molecule has 1 fully saturated rings. The first-order valence-electron chi connectivity index (χ1n) is 7.03. The quantitative estimate of drug-likeness (QED) is 0.933. The van der Waals surface area contributed by atoms with Crippen molar-refractivity contribution in [2.24, 2.45) is 0 Å². The van der Waals surface area contributed by atoms with E-state index in [1.807, 2.05) is 0 Å². The van der Waals surface area contributed by atoms with Gasteiger partial charge in [-0.05, 0) is 36.9 Å². The molecular weight excluding hydrogens is 272 g/mol. The lowest BCUT2D eigenvalue weighted by Crippen LogP contribution is -2.32. The minimum atomic E-state index is -2.79. The van der Waals surface area contributed by atoms with Gasteiger partial charge in [-0.25, -0.2) is 8.42 Å². The molecule has 5 heteroatoms. The minimum absolute atomic E-state index is 0.129. The zero-order chi connectivity index (χ0) is 14.2. The van der Waals surface area contributed by atoms with Crippen molar-refractivity contribution in [3.63, 3.8) is 0 Å². The first-order valence-corrected chi connectivity index (χ1v) is 8.85. The standard InChI is InChI=1S/C15H20N2O2S/c1-12-2-3-15-13(10-12)4-7-17(15)8-6-16-14-5-9-20(18,19)11-14/h2-4,7,10,14,16H,5-6,8-9,11H2,1H3. The van der Waals surface area contributed by atoms with Crippen LogP contribution in [0.3, 0.4) is 0 Å². The molecule has 2 heterocycles. The summed E-state index contributed by atoms with van der Waals surface area (Å²) in [7, 11) is -2.79. The average molecular weight is 292 g/mol. The fourth-order valence-electron chi connectivity index (χ4n) is 2.86. The molecule has 0 bridgehead atoms. The van der Waals surface area contributed by atoms with E-state index in [0.29, 0.717) is 11.5 Å². The van der Waals surface area contributed by atoms with Crippen LogP contribution in [0.4, 0.5) is 0 Å². The molecule has 1 aliphatic rings. The summed E-state index contributed by atoms with van der Waals surface area (Å²) < 4.78 is 25.0. The maximum atomic E-state index is 11.4. The van der Waals surface area contributed by atoms with E-state index in [2.05, 4.69) is 47.3 Å². The highest BCUT2D eigenvalue weighted by Gasteiger charge is 2.26. The monoisotopic (exact) mass is 292 g/mol. The summed E-state index contributed by atoms with van der Waals surface area (Å²) >= 11 is 0. The lowest BCUT2D eigenvalue weighted by molar-refractivity contribution is 0.525. The van der Waals surface area contributed by atoms with Gasteiger partial charge in [0, 0.05) is 30.8 Å². The second-order valence-electron chi connectivity index (χ2n) is 5.63. The van der Waals surface area contributed by atoms with Crippen LogP contribution in [0.2, 0.25) is 0 Å². The molecular formula is C15H20N2O2S. The first kappa shape index (κ1) is 13.6. The van der Waals surface area contributed by atoms with Crippen LogP contribution in [0, 0.1) is 6.92 Å². The Bertz CT molecular complexity index is 719. The third-order valence-electron chi connectivity index (χ3n) is 3.94. The molecule has 1 aromatic carbocycles. The molecule has 0 saturated carbocycles. The molecule has 0 aliphatic carbocycles. The zero-order valence-corrected chi connectivity index (χ0v) is 12.5. The second-order valence-corrected chi connectivity index (χ2v) is 7.85. The lowest BCUT2D eigenvalue weighted by Gasteiger charge is -2.11. The molecule has 2 aromatic rings. The number of aryl methyl sites for hydroxylation is 1. The van der Waals surface area contributed by atoms with Gasteiger partial charge in [-0.2, -0.15) is 0 Å². The molecule has 1 saturated heterocycles. The number of hydrogen-bond donors (Lipinski definition) is 1. The van der Waals surface area contributed by atoms with Crippen LogP contribution in [0.25, 0.3) is 10.9 Å². The van der Waals surface area contributed by atoms with E-state index in [9.17, 15) is 8.42 Å². The van der Waals surface area contributed by atoms with Crippen LogP contribution >= 0.6 is 0 Å². The number of nitrogens with zero attached hydrogens (tertiary/aromatic N) is 1. The van der Waals surface area contributed by atoms with Crippen LogP contribution in [0.5, 0.6) is 0 Å². The van der Waals surface area contributed by atoms with Crippen LogP contribution in [-0.4, -0.2) is 37.1 Å². The van der Waals surface area contributed by atoms with Gasteiger partial charge >= 0.3 is 0 Å². The van der Waals surface area contributed by atoms with Crippen LogP contribution in [0.15, 0.2) is 30.5 Å². The van der Waals surface area contributed by atoms with Crippen molar-refractivity contribution in [3.05, 3.63) is 36.0 Å². The molecule has 1 aliphatic heterocycles. The van der Waals surface area contributed by atoms with Crippen molar-refractivity contribution < 1.29 is 8.42 Å². The molecule has 4 nitrogen and oxygen atoms in total. The maximum absolute atomic E-state index is 11.4. The SMILES string of the molecule is Cc1ccc2c(ccn2CCNC2CCS(=O)(=O)C2)c1. The van der Waals surface area contributed by atoms with E-state index in [1.54, 1.807) is 0 Å². The van der Waals surface area contributed by atoms with Crippen molar-refractivity contribution in [3.8, 4) is 0 Å². The summed E-state index contributed by atoms with van der Waals surface area (Å²) in [6, 6.07) is 8.70. The van der Waals surface area contributed by atoms with Gasteiger partial charge in [0.15, 0.2) is 9.84 Å². The van der Waals surface area contributed by atoms with E-state index in [4.69, 9.17) is 0 Å². The first-order chi connectivity index (χ1) is 9.53. The molecule has 1 atom stereocenters. The Morgan fingerprint density at radius 2 is 2.20 bits per heavy atom. The predicted molar refractivity (Wildman–Crippen MR) is 81.7 cm³/mol. The third-order valence-corrected chi connectivity index (χ3v) is 5.71. The molecule has 0 radical (unpaired) electrons. The van der Waals surface area contributed by atoms with Crippen molar-refractivity contribution >= 4 is 20.7 Å². The summed E-state index contributed by atoms with van der Waals surface area (Å²) in [5, 5.41) is 4.61. The van der Waals surface area contributed by atoms with Gasteiger partial charge in [0.2, 0.25) is 0 Å². The Hall–Kier alpha value is -1.33. The molecule has 1 aromatic heterocycles. The van der Waals surface area contributed by atoms with Gasteiger partial charge in [-0.15, -0.1) is 0 Å². The third kappa shape index (κ3) is 2.88. The van der Waals surface area contributed by atoms with Gasteiger partial charge in [0.05, 0.1) is 11.5 Å². The summed E-state index contributed by atoms with van der Waals surface area (Å²) in [6.45, 7) is 3.76. The predicted octanol–water partition coefficient (Wildman–Crippen LogP) is 1.73. The Morgan fingerprint density at radius 1 is 1.35 bits per heavy atom. The molecule has 20 heavy (non-hydrogen) atoms. The molecule has 1 N–H and O–H groups in total. The van der Waals surface area contributed by atoms with Crippen molar-refractivity contribution in [1.29, 1.82) is 0 Å². The Balaban J connectivity index is 1.60. The van der Waals surface area contributed by atoms with Gasteiger partial charge in [-0.1, -0.05) is 11.6 Å². The Morgan fingerprint density at radius 3 is 2.95 bits per heavy atom. The van der Waals surface area contributed by atoms with E-state index in [-0.39, 0.29) is 6.04 Å². The van der Waals surface area contributed by atoms with Gasteiger partial charge in [-0.3, -0.25) is 0 Å². The fourth-order valence-corrected chi connectivity index (χ4v) is 4.57. The molecule has 0 amide bonds. The molecule has 3 rings (SSSR count).